The second-order valence-corrected chi connectivity index (χ2v) is 5.38. The van der Waals surface area contributed by atoms with Gasteiger partial charge in [0.1, 0.15) is 0 Å². The Kier molecular flexibility index (Phi) is 3.04. The molecule has 1 aliphatic rings. The average Bonchev–Trinajstić information content (AvgIpc) is 3.19. The Hall–Kier alpha value is -1.41. The van der Waals surface area contributed by atoms with E-state index in [4.69, 9.17) is 0 Å². The van der Waals surface area contributed by atoms with Crippen LogP contribution < -0.4 is 0 Å². The summed E-state index contributed by atoms with van der Waals surface area (Å²) >= 11 is 0. The SMILES string of the molecule is Cc1cc(CCC(O)C2CC2)c2ccccc2n1. The summed E-state index contributed by atoms with van der Waals surface area (Å²) in [6, 6.07) is 10.4. The third-order valence-electron chi connectivity index (χ3n) is 3.81. The van der Waals surface area contributed by atoms with E-state index in [1.165, 1.54) is 23.8 Å². The van der Waals surface area contributed by atoms with Gasteiger partial charge in [0.2, 0.25) is 0 Å². The van der Waals surface area contributed by atoms with Crippen LogP contribution in [0, 0.1) is 12.8 Å². The molecule has 3 rings (SSSR count). The van der Waals surface area contributed by atoms with Gasteiger partial charge in [0, 0.05) is 11.1 Å². The number of hydrogen-bond acceptors (Lipinski definition) is 2. The van der Waals surface area contributed by atoms with E-state index < -0.39 is 0 Å². The van der Waals surface area contributed by atoms with Crippen LogP contribution in [0.15, 0.2) is 30.3 Å². The van der Waals surface area contributed by atoms with Gasteiger partial charge in [-0.1, -0.05) is 18.2 Å². The second-order valence-electron chi connectivity index (χ2n) is 5.38. The number of rotatable bonds is 4. The van der Waals surface area contributed by atoms with Crippen molar-refractivity contribution in [3.63, 3.8) is 0 Å². The highest BCUT2D eigenvalue weighted by Gasteiger charge is 2.29. The molecule has 1 N–H and O–H groups in total. The van der Waals surface area contributed by atoms with Crippen LogP contribution in [0.2, 0.25) is 0 Å². The highest BCUT2D eigenvalue weighted by Crippen LogP contribution is 2.34. The lowest BCUT2D eigenvalue weighted by Gasteiger charge is -2.11. The van der Waals surface area contributed by atoms with E-state index >= 15 is 0 Å². The van der Waals surface area contributed by atoms with E-state index in [2.05, 4.69) is 29.2 Å². The number of nitrogens with zero attached hydrogens (tertiary/aromatic N) is 1. The molecule has 2 aromatic rings. The minimum Gasteiger partial charge on any atom is -0.393 e. The molecule has 1 heterocycles. The van der Waals surface area contributed by atoms with Gasteiger partial charge in [0.25, 0.3) is 0 Å². The van der Waals surface area contributed by atoms with Gasteiger partial charge in [-0.2, -0.15) is 0 Å². The zero-order valence-corrected chi connectivity index (χ0v) is 10.8. The molecular formula is C16H19NO. The van der Waals surface area contributed by atoms with Crippen molar-refractivity contribution in [2.45, 2.75) is 38.7 Å². The van der Waals surface area contributed by atoms with E-state index in [1.807, 2.05) is 13.0 Å². The topological polar surface area (TPSA) is 33.1 Å². The van der Waals surface area contributed by atoms with Crippen molar-refractivity contribution in [3.05, 3.63) is 41.6 Å². The monoisotopic (exact) mass is 241 g/mol. The predicted molar refractivity (Wildman–Crippen MR) is 73.5 cm³/mol. The van der Waals surface area contributed by atoms with Gasteiger partial charge < -0.3 is 5.11 Å². The van der Waals surface area contributed by atoms with Crippen molar-refractivity contribution in [1.82, 2.24) is 4.98 Å². The van der Waals surface area contributed by atoms with Gasteiger partial charge in [-0.05, 0) is 56.2 Å². The summed E-state index contributed by atoms with van der Waals surface area (Å²) in [6.07, 6.45) is 4.12. The molecule has 18 heavy (non-hydrogen) atoms. The number of aryl methyl sites for hydroxylation is 2. The number of pyridine rings is 1. The molecule has 0 saturated heterocycles. The van der Waals surface area contributed by atoms with Crippen molar-refractivity contribution >= 4 is 10.9 Å². The number of hydrogen-bond donors (Lipinski definition) is 1. The van der Waals surface area contributed by atoms with Crippen LogP contribution >= 0.6 is 0 Å². The first kappa shape index (κ1) is 11.7. The lowest BCUT2D eigenvalue weighted by molar-refractivity contribution is 0.142. The molecular weight excluding hydrogens is 222 g/mol. The Balaban J connectivity index is 1.85. The Morgan fingerprint density at radius 1 is 1.33 bits per heavy atom. The Morgan fingerprint density at radius 3 is 2.89 bits per heavy atom. The summed E-state index contributed by atoms with van der Waals surface area (Å²) in [4.78, 5) is 4.55. The molecule has 1 unspecified atom stereocenters. The number of aromatic nitrogens is 1. The number of para-hydroxylation sites is 1. The van der Waals surface area contributed by atoms with Gasteiger partial charge in [0.15, 0.2) is 0 Å². The third kappa shape index (κ3) is 2.39. The van der Waals surface area contributed by atoms with E-state index in [0.29, 0.717) is 5.92 Å². The Bertz CT molecular complexity index is 560. The molecule has 1 fully saturated rings. The largest absolute Gasteiger partial charge is 0.393 e. The standard InChI is InChI=1S/C16H19NO/c1-11-10-13(8-9-16(18)12-6-7-12)14-4-2-3-5-15(14)17-11/h2-5,10,12,16,18H,6-9H2,1H3. The van der Waals surface area contributed by atoms with Gasteiger partial charge >= 0.3 is 0 Å². The van der Waals surface area contributed by atoms with Crippen LogP contribution in [0.5, 0.6) is 0 Å². The maximum atomic E-state index is 9.98. The fraction of sp³-hybridized carbons (Fsp3) is 0.438. The smallest absolute Gasteiger partial charge is 0.0707 e. The normalized spacial score (nSPS) is 17.0. The Morgan fingerprint density at radius 2 is 2.11 bits per heavy atom. The number of benzene rings is 1. The fourth-order valence-electron chi connectivity index (χ4n) is 2.62. The zero-order valence-electron chi connectivity index (χ0n) is 10.8. The summed E-state index contributed by atoms with van der Waals surface area (Å²) in [6.45, 7) is 2.03. The van der Waals surface area contributed by atoms with Crippen LogP contribution in [0.25, 0.3) is 10.9 Å². The van der Waals surface area contributed by atoms with Crippen LogP contribution in [0.4, 0.5) is 0 Å². The molecule has 1 saturated carbocycles. The summed E-state index contributed by atoms with van der Waals surface area (Å²) in [5.41, 5.74) is 3.44. The third-order valence-corrected chi connectivity index (χ3v) is 3.81. The van der Waals surface area contributed by atoms with Crippen molar-refractivity contribution in [2.75, 3.05) is 0 Å². The molecule has 2 heteroatoms. The van der Waals surface area contributed by atoms with E-state index in [1.54, 1.807) is 0 Å². The van der Waals surface area contributed by atoms with Crippen molar-refractivity contribution < 1.29 is 5.11 Å². The Labute approximate surface area is 108 Å². The van der Waals surface area contributed by atoms with E-state index in [9.17, 15) is 5.11 Å². The summed E-state index contributed by atoms with van der Waals surface area (Å²) in [5, 5.41) is 11.2. The average molecular weight is 241 g/mol. The number of aliphatic hydroxyl groups excluding tert-OH is 1. The first-order chi connectivity index (χ1) is 8.74. The summed E-state index contributed by atoms with van der Waals surface area (Å²) < 4.78 is 0. The van der Waals surface area contributed by atoms with Crippen LogP contribution in [0.1, 0.15) is 30.5 Å². The molecule has 0 spiro atoms. The number of fused-ring (bicyclic) bond motifs is 1. The van der Waals surface area contributed by atoms with E-state index in [0.717, 1.165) is 24.1 Å². The molecule has 1 atom stereocenters. The van der Waals surface area contributed by atoms with Gasteiger partial charge in [-0.25, -0.2) is 0 Å². The zero-order chi connectivity index (χ0) is 12.5. The van der Waals surface area contributed by atoms with Crippen LogP contribution in [-0.2, 0) is 6.42 Å². The maximum absolute atomic E-state index is 9.98. The van der Waals surface area contributed by atoms with Crippen molar-refractivity contribution in [2.24, 2.45) is 5.92 Å². The molecule has 2 nitrogen and oxygen atoms in total. The highest BCUT2D eigenvalue weighted by atomic mass is 16.3. The van der Waals surface area contributed by atoms with Gasteiger partial charge in [-0.3, -0.25) is 4.98 Å². The van der Waals surface area contributed by atoms with Crippen LogP contribution in [-0.4, -0.2) is 16.2 Å². The minimum atomic E-state index is -0.114. The van der Waals surface area contributed by atoms with Crippen molar-refractivity contribution in [1.29, 1.82) is 0 Å². The highest BCUT2D eigenvalue weighted by molar-refractivity contribution is 5.82. The first-order valence-electron chi connectivity index (χ1n) is 6.77. The fourth-order valence-corrected chi connectivity index (χ4v) is 2.62. The molecule has 0 aliphatic heterocycles. The lowest BCUT2D eigenvalue weighted by Crippen LogP contribution is -2.10. The molecule has 1 aromatic heterocycles. The summed E-state index contributed by atoms with van der Waals surface area (Å²) in [5.74, 6) is 0.569. The maximum Gasteiger partial charge on any atom is 0.0707 e. The molecule has 1 aromatic carbocycles. The molecule has 94 valence electrons. The number of aliphatic hydroxyl groups is 1. The van der Waals surface area contributed by atoms with Crippen LogP contribution in [0.3, 0.4) is 0 Å². The summed E-state index contributed by atoms with van der Waals surface area (Å²) in [7, 11) is 0. The van der Waals surface area contributed by atoms with E-state index in [-0.39, 0.29) is 6.10 Å². The molecule has 0 bridgehead atoms. The first-order valence-corrected chi connectivity index (χ1v) is 6.77. The van der Waals surface area contributed by atoms with Gasteiger partial charge in [-0.15, -0.1) is 0 Å². The van der Waals surface area contributed by atoms with Crippen molar-refractivity contribution in [3.8, 4) is 0 Å². The second kappa shape index (κ2) is 4.69. The predicted octanol–water partition coefficient (Wildman–Crippen LogP) is 3.25. The molecule has 0 radical (unpaired) electrons. The minimum absolute atomic E-state index is 0.114. The van der Waals surface area contributed by atoms with Gasteiger partial charge in [0.05, 0.1) is 11.6 Å². The lowest BCUT2D eigenvalue weighted by atomic mass is 10.00. The quantitative estimate of drug-likeness (QED) is 0.891. The molecule has 0 amide bonds. The molecule has 1 aliphatic carbocycles.